The van der Waals surface area contributed by atoms with Crippen molar-refractivity contribution in [2.45, 2.75) is 6.10 Å². The first-order chi connectivity index (χ1) is 11.6. The lowest BCUT2D eigenvalue weighted by Gasteiger charge is -2.34. The molecule has 0 spiro atoms. The van der Waals surface area contributed by atoms with Crippen molar-refractivity contribution in [3.63, 3.8) is 0 Å². The van der Waals surface area contributed by atoms with Crippen LogP contribution in [0.3, 0.4) is 0 Å². The van der Waals surface area contributed by atoms with Gasteiger partial charge in [-0.15, -0.1) is 0 Å². The number of hydrogen-bond acceptors (Lipinski definition) is 4. The molecule has 6 nitrogen and oxygen atoms in total. The number of anilines is 1. The van der Waals surface area contributed by atoms with Crippen LogP contribution in [0.2, 0.25) is 0 Å². The number of hydrogen-bond donors (Lipinski definition) is 2. The number of aliphatic hydroxyl groups excluding tert-OH is 1. The Morgan fingerprint density at radius 3 is 2.29 bits per heavy atom. The molecular formula is C18H22N3O3+. The van der Waals surface area contributed by atoms with Crippen molar-refractivity contribution in [3.05, 3.63) is 70.3 Å². The van der Waals surface area contributed by atoms with Crippen LogP contribution in [0.15, 0.2) is 54.6 Å². The molecule has 0 bridgehead atoms. The van der Waals surface area contributed by atoms with Crippen LogP contribution in [0, 0.1) is 10.1 Å². The summed E-state index contributed by atoms with van der Waals surface area (Å²) >= 11 is 0. The Morgan fingerprint density at radius 2 is 1.71 bits per heavy atom. The van der Waals surface area contributed by atoms with Gasteiger partial charge in [-0.1, -0.05) is 18.2 Å². The number of nitrogens with one attached hydrogen (secondary N) is 1. The molecule has 2 aromatic carbocycles. The van der Waals surface area contributed by atoms with Crippen molar-refractivity contribution < 1.29 is 14.9 Å². The second-order valence-electron chi connectivity index (χ2n) is 6.14. The number of quaternary nitrogens is 1. The highest BCUT2D eigenvalue weighted by atomic mass is 16.6. The van der Waals surface area contributed by atoms with Crippen molar-refractivity contribution in [3.8, 4) is 0 Å². The van der Waals surface area contributed by atoms with E-state index in [1.54, 1.807) is 12.1 Å². The Bertz CT molecular complexity index is 668. The normalized spacial score (nSPS) is 16.8. The fourth-order valence-corrected chi connectivity index (χ4v) is 3.13. The van der Waals surface area contributed by atoms with E-state index in [0.29, 0.717) is 6.54 Å². The second-order valence-corrected chi connectivity index (χ2v) is 6.14. The molecule has 24 heavy (non-hydrogen) atoms. The van der Waals surface area contributed by atoms with E-state index in [4.69, 9.17) is 0 Å². The van der Waals surface area contributed by atoms with E-state index < -0.39 is 11.0 Å². The van der Waals surface area contributed by atoms with Gasteiger partial charge in [0.25, 0.3) is 5.69 Å². The number of aliphatic hydroxyl groups is 1. The molecule has 1 atom stereocenters. The van der Waals surface area contributed by atoms with Gasteiger partial charge in [-0.05, 0) is 29.8 Å². The van der Waals surface area contributed by atoms with Crippen LogP contribution in [0.25, 0.3) is 0 Å². The smallest absolute Gasteiger partial charge is 0.269 e. The van der Waals surface area contributed by atoms with E-state index in [-0.39, 0.29) is 5.69 Å². The molecular weight excluding hydrogens is 306 g/mol. The summed E-state index contributed by atoms with van der Waals surface area (Å²) in [7, 11) is 0. The maximum Gasteiger partial charge on any atom is 0.269 e. The van der Waals surface area contributed by atoms with Crippen LogP contribution in [0.5, 0.6) is 0 Å². The number of benzene rings is 2. The van der Waals surface area contributed by atoms with Gasteiger partial charge >= 0.3 is 0 Å². The Balaban J connectivity index is 1.53. The third kappa shape index (κ3) is 3.90. The highest BCUT2D eigenvalue weighted by Gasteiger charge is 2.23. The van der Waals surface area contributed by atoms with Gasteiger partial charge in [-0.2, -0.15) is 0 Å². The maximum absolute atomic E-state index is 10.7. The van der Waals surface area contributed by atoms with Crippen molar-refractivity contribution in [2.24, 2.45) is 0 Å². The van der Waals surface area contributed by atoms with E-state index >= 15 is 0 Å². The molecule has 0 radical (unpaired) electrons. The lowest BCUT2D eigenvalue weighted by atomic mass is 10.1. The van der Waals surface area contributed by atoms with Crippen molar-refractivity contribution in [1.29, 1.82) is 0 Å². The van der Waals surface area contributed by atoms with E-state index in [1.807, 2.05) is 18.2 Å². The Kier molecular flexibility index (Phi) is 5.08. The van der Waals surface area contributed by atoms with Crippen molar-refractivity contribution in [2.75, 3.05) is 37.6 Å². The molecule has 1 heterocycles. The highest BCUT2D eigenvalue weighted by molar-refractivity contribution is 5.46. The van der Waals surface area contributed by atoms with Gasteiger partial charge in [0.15, 0.2) is 0 Å². The number of para-hydroxylation sites is 1. The molecule has 0 amide bonds. The van der Waals surface area contributed by atoms with Gasteiger partial charge < -0.3 is 14.9 Å². The first kappa shape index (κ1) is 16.4. The monoisotopic (exact) mass is 328 g/mol. The lowest BCUT2D eigenvalue weighted by Crippen LogP contribution is -3.15. The number of nitrogens with zero attached hydrogens (tertiary/aromatic N) is 2. The molecule has 0 aliphatic carbocycles. The molecule has 3 rings (SSSR count). The molecule has 0 aromatic heterocycles. The Hall–Kier alpha value is -2.44. The predicted octanol–water partition coefficient (Wildman–Crippen LogP) is 1.03. The zero-order chi connectivity index (χ0) is 16.9. The summed E-state index contributed by atoms with van der Waals surface area (Å²) in [6.45, 7) is 4.50. The summed E-state index contributed by atoms with van der Waals surface area (Å²) in [5.74, 6) is 0. The van der Waals surface area contributed by atoms with E-state index in [0.717, 1.165) is 31.7 Å². The first-order valence-corrected chi connectivity index (χ1v) is 8.19. The molecule has 2 aromatic rings. The minimum atomic E-state index is -0.593. The molecule has 0 saturated carbocycles. The van der Waals surface area contributed by atoms with Gasteiger partial charge in [0.2, 0.25) is 0 Å². The zero-order valence-corrected chi connectivity index (χ0v) is 13.5. The summed E-state index contributed by atoms with van der Waals surface area (Å²) in [6.07, 6.45) is -0.593. The van der Waals surface area contributed by atoms with Gasteiger partial charge in [0, 0.05) is 17.8 Å². The molecule has 126 valence electrons. The summed E-state index contributed by atoms with van der Waals surface area (Å²) in [6, 6.07) is 16.5. The van der Waals surface area contributed by atoms with Crippen LogP contribution in [-0.2, 0) is 0 Å². The fraction of sp³-hybridized carbons (Fsp3) is 0.333. The maximum atomic E-state index is 10.7. The Morgan fingerprint density at radius 1 is 1.08 bits per heavy atom. The molecule has 0 unspecified atom stereocenters. The summed E-state index contributed by atoms with van der Waals surface area (Å²) in [5.41, 5.74) is 2.03. The lowest BCUT2D eigenvalue weighted by molar-refractivity contribution is -0.904. The van der Waals surface area contributed by atoms with Crippen LogP contribution in [0.4, 0.5) is 11.4 Å². The van der Waals surface area contributed by atoms with Crippen LogP contribution in [-0.4, -0.2) is 42.8 Å². The number of nitro groups is 1. The predicted molar refractivity (Wildman–Crippen MR) is 92.3 cm³/mol. The molecule has 1 aliphatic rings. The van der Waals surface area contributed by atoms with Gasteiger partial charge in [-0.3, -0.25) is 10.1 Å². The molecule has 1 aliphatic heterocycles. The number of non-ortho nitro benzene ring substituents is 1. The third-order valence-electron chi connectivity index (χ3n) is 4.56. The molecule has 1 fully saturated rings. The average molecular weight is 328 g/mol. The van der Waals surface area contributed by atoms with E-state index in [1.165, 1.54) is 22.7 Å². The standard InChI is InChI=1S/C18H21N3O3/c22-18(15-6-8-17(9-7-15)21(23)24)14-19-10-12-20(13-11-19)16-4-2-1-3-5-16/h1-9,18,22H,10-14H2/p+1/t18-/m0/s1. The van der Waals surface area contributed by atoms with Crippen LogP contribution in [0.1, 0.15) is 11.7 Å². The minimum Gasteiger partial charge on any atom is -0.382 e. The fourth-order valence-electron chi connectivity index (χ4n) is 3.13. The van der Waals surface area contributed by atoms with E-state index in [9.17, 15) is 15.2 Å². The van der Waals surface area contributed by atoms with E-state index in [2.05, 4.69) is 17.0 Å². The molecule has 2 N–H and O–H groups in total. The SMILES string of the molecule is O=[N+]([O-])c1ccc([C@@H](O)C[NH+]2CCN(c3ccccc3)CC2)cc1. The Labute approximate surface area is 141 Å². The second kappa shape index (κ2) is 7.42. The van der Waals surface area contributed by atoms with Gasteiger partial charge in [0.1, 0.15) is 12.6 Å². The van der Waals surface area contributed by atoms with Crippen LogP contribution >= 0.6 is 0 Å². The zero-order valence-electron chi connectivity index (χ0n) is 13.5. The molecule has 1 saturated heterocycles. The number of rotatable bonds is 5. The minimum absolute atomic E-state index is 0.0507. The topological polar surface area (TPSA) is 71.0 Å². The highest BCUT2D eigenvalue weighted by Crippen LogP contribution is 2.17. The average Bonchev–Trinajstić information content (AvgIpc) is 2.63. The summed E-state index contributed by atoms with van der Waals surface area (Å²) in [5, 5.41) is 21.1. The first-order valence-electron chi connectivity index (χ1n) is 8.19. The summed E-state index contributed by atoms with van der Waals surface area (Å²) < 4.78 is 0. The summed E-state index contributed by atoms with van der Waals surface area (Å²) in [4.78, 5) is 14.0. The number of nitro benzene ring substituents is 1. The molecule has 6 heteroatoms. The van der Waals surface area contributed by atoms with Crippen molar-refractivity contribution >= 4 is 11.4 Å². The largest absolute Gasteiger partial charge is 0.382 e. The third-order valence-corrected chi connectivity index (χ3v) is 4.56. The van der Waals surface area contributed by atoms with Gasteiger partial charge in [0.05, 0.1) is 31.1 Å². The number of piperazine rings is 1. The van der Waals surface area contributed by atoms with Crippen molar-refractivity contribution in [1.82, 2.24) is 0 Å². The van der Waals surface area contributed by atoms with Crippen LogP contribution < -0.4 is 9.80 Å². The quantitative estimate of drug-likeness (QED) is 0.635. The van der Waals surface area contributed by atoms with Gasteiger partial charge in [-0.25, -0.2) is 0 Å².